The SMILES string of the molecule is CC12CC3CC(C)(C1)CC(NCC(O)Cn1c4c(c5ccccc51)CCCC4)(C3)C2.Cl. The lowest BCUT2D eigenvalue weighted by molar-refractivity contribution is -0.119. The Balaban J connectivity index is 0.00000204. The molecule has 3 unspecified atom stereocenters. The van der Waals surface area contributed by atoms with Gasteiger partial charge in [0.1, 0.15) is 0 Å². The van der Waals surface area contributed by atoms with Gasteiger partial charge in [-0.2, -0.15) is 0 Å². The molecule has 3 nitrogen and oxygen atoms in total. The lowest BCUT2D eigenvalue weighted by atomic mass is 9.43. The number of aryl methyl sites for hydroxylation is 1. The first kappa shape index (κ1) is 21.8. The van der Waals surface area contributed by atoms with Crippen molar-refractivity contribution < 1.29 is 5.11 Å². The molecule has 4 saturated carbocycles. The number of aliphatic hydroxyl groups excluding tert-OH is 1. The number of aromatic nitrogens is 1. The maximum atomic E-state index is 11.1. The van der Waals surface area contributed by atoms with Crippen LogP contribution >= 0.6 is 12.4 Å². The average Bonchev–Trinajstić information content (AvgIpc) is 2.98. The van der Waals surface area contributed by atoms with Gasteiger partial charge in [0.25, 0.3) is 0 Å². The largest absolute Gasteiger partial charge is 0.390 e. The van der Waals surface area contributed by atoms with Crippen molar-refractivity contribution in [1.29, 1.82) is 0 Å². The third-order valence-electron chi connectivity index (χ3n) is 9.02. The number of hydrogen-bond acceptors (Lipinski definition) is 2. The Morgan fingerprint density at radius 3 is 2.48 bits per heavy atom. The van der Waals surface area contributed by atoms with Crippen molar-refractivity contribution in [2.75, 3.05) is 6.54 Å². The van der Waals surface area contributed by atoms with Gasteiger partial charge in [0.05, 0.1) is 12.6 Å². The normalized spacial score (nSPS) is 36.9. The van der Waals surface area contributed by atoms with Crippen molar-refractivity contribution in [2.24, 2.45) is 16.7 Å². The highest BCUT2D eigenvalue weighted by atomic mass is 35.5. The summed E-state index contributed by atoms with van der Waals surface area (Å²) in [5.74, 6) is 0.890. The minimum Gasteiger partial charge on any atom is -0.390 e. The maximum Gasteiger partial charge on any atom is 0.0843 e. The van der Waals surface area contributed by atoms with Crippen molar-refractivity contribution in [3.05, 3.63) is 35.5 Å². The topological polar surface area (TPSA) is 37.2 Å². The van der Waals surface area contributed by atoms with Gasteiger partial charge in [0, 0.05) is 28.7 Å². The van der Waals surface area contributed by atoms with Crippen LogP contribution in [0.3, 0.4) is 0 Å². The van der Waals surface area contributed by atoms with Gasteiger partial charge in [-0.3, -0.25) is 0 Å². The molecule has 4 heteroatoms. The highest BCUT2D eigenvalue weighted by Crippen LogP contribution is 2.66. The molecule has 2 aromatic rings. The number of halogens is 1. The molecule has 1 aromatic carbocycles. The number of benzene rings is 1. The van der Waals surface area contributed by atoms with Gasteiger partial charge in [0.2, 0.25) is 0 Å². The van der Waals surface area contributed by atoms with Crippen molar-refractivity contribution in [3.63, 3.8) is 0 Å². The summed E-state index contributed by atoms with van der Waals surface area (Å²) < 4.78 is 2.44. The third-order valence-corrected chi connectivity index (χ3v) is 9.02. The molecule has 4 bridgehead atoms. The van der Waals surface area contributed by atoms with Gasteiger partial charge < -0.3 is 15.0 Å². The van der Waals surface area contributed by atoms with E-state index >= 15 is 0 Å². The highest BCUT2D eigenvalue weighted by Gasteiger charge is 2.59. The first-order valence-corrected chi connectivity index (χ1v) is 12.4. The van der Waals surface area contributed by atoms with Gasteiger partial charge in [-0.05, 0) is 92.6 Å². The summed E-state index contributed by atoms with van der Waals surface area (Å²) in [7, 11) is 0. The van der Waals surface area contributed by atoms with Gasteiger partial charge in [-0.1, -0.05) is 32.0 Å². The number of nitrogens with one attached hydrogen (secondary N) is 1. The lowest BCUT2D eigenvalue weighted by Gasteiger charge is -2.65. The number of aliphatic hydroxyl groups is 1. The van der Waals surface area contributed by atoms with E-state index in [0.29, 0.717) is 10.8 Å². The Kier molecular flexibility index (Phi) is 5.27. The molecule has 0 spiro atoms. The minimum atomic E-state index is -0.333. The second kappa shape index (κ2) is 7.50. The Morgan fingerprint density at radius 1 is 1.03 bits per heavy atom. The van der Waals surface area contributed by atoms with Crippen LogP contribution in [0.2, 0.25) is 0 Å². The van der Waals surface area contributed by atoms with Crippen LogP contribution in [0.1, 0.15) is 76.5 Å². The maximum absolute atomic E-state index is 11.1. The minimum absolute atomic E-state index is 0. The summed E-state index contributed by atoms with van der Waals surface area (Å²) in [6, 6.07) is 8.82. The summed E-state index contributed by atoms with van der Waals surface area (Å²) in [4.78, 5) is 0. The highest BCUT2D eigenvalue weighted by molar-refractivity contribution is 5.86. The second-order valence-corrected chi connectivity index (χ2v) is 12.2. The fourth-order valence-electron chi connectivity index (χ4n) is 9.05. The van der Waals surface area contributed by atoms with Crippen molar-refractivity contribution in [2.45, 2.75) is 96.2 Å². The first-order valence-electron chi connectivity index (χ1n) is 12.4. The van der Waals surface area contributed by atoms with E-state index in [1.54, 1.807) is 5.56 Å². The first-order chi connectivity index (χ1) is 14.4. The molecule has 0 amide bonds. The van der Waals surface area contributed by atoms with Crippen LogP contribution < -0.4 is 5.32 Å². The Morgan fingerprint density at radius 2 is 1.74 bits per heavy atom. The van der Waals surface area contributed by atoms with E-state index in [1.165, 1.54) is 74.4 Å². The van der Waals surface area contributed by atoms with Crippen LogP contribution in [0.25, 0.3) is 10.9 Å². The van der Waals surface area contributed by atoms with Crippen LogP contribution in [0.5, 0.6) is 0 Å². The molecule has 4 fully saturated rings. The van der Waals surface area contributed by atoms with E-state index in [1.807, 2.05) is 0 Å². The van der Waals surface area contributed by atoms with Crippen LogP contribution in [0.15, 0.2) is 24.3 Å². The number of fused-ring (bicyclic) bond motifs is 3. The summed E-state index contributed by atoms with van der Waals surface area (Å²) in [6.07, 6.45) is 12.8. The standard InChI is InChI=1S/C27H38N2O.ClH/c1-25-11-19-12-26(2,16-25)18-27(13-19,17-25)28-14-20(30)15-29-23-9-5-3-7-21(23)22-8-4-6-10-24(22)29;/h3,5,7,9,19-20,28,30H,4,6,8,10-18H2,1-2H3;1H. The fourth-order valence-corrected chi connectivity index (χ4v) is 9.05. The molecular formula is C27H39ClN2O. The molecule has 2 N–H and O–H groups in total. The predicted molar refractivity (Wildman–Crippen MR) is 130 cm³/mol. The second-order valence-electron chi connectivity index (χ2n) is 12.2. The number of para-hydroxylation sites is 1. The average molecular weight is 443 g/mol. The van der Waals surface area contributed by atoms with Crippen LogP contribution in [0, 0.1) is 16.7 Å². The summed E-state index contributed by atoms with van der Waals surface area (Å²) >= 11 is 0. The van der Waals surface area contributed by atoms with E-state index < -0.39 is 0 Å². The molecule has 7 rings (SSSR count). The molecule has 0 aliphatic heterocycles. The monoisotopic (exact) mass is 442 g/mol. The Labute approximate surface area is 193 Å². The zero-order chi connectivity index (χ0) is 20.6. The van der Waals surface area contributed by atoms with Crippen LogP contribution in [0.4, 0.5) is 0 Å². The summed E-state index contributed by atoms with van der Waals surface area (Å²) in [5, 5.41) is 16.5. The molecule has 170 valence electrons. The molecule has 31 heavy (non-hydrogen) atoms. The van der Waals surface area contributed by atoms with E-state index in [-0.39, 0.29) is 24.0 Å². The lowest BCUT2D eigenvalue weighted by Crippen LogP contribution is -2.65. The number of nitrogens with zero attached hydrogens (tertiary/aromatic N) is 1. The third kappa shape index (κ3) is 3.65. The van der Waals surface area contributed by atoms with Crippen molar-refractivity contribution >= 4 is 23.3 Å². The van der Waals surface area contributed by atoms with Gasteiger partial charge in [-0.25, -0.2) is 0 Å². The quantitative estimate of drug-likeness (QED) is 0.628. The predicted octanol–water partition coefficient (Wildman–Crippen LogP) is 5.64. The number of β-amino-alcohol motifs (C(OH)–C–C–N with tert-alkyl or cyclic N) is 1. The van der Waals surface area contributed by atoms with Crippen molar-refractivity contribution in [3.8, 4) is 0 Å². The van der Waals surface area contributed by atoms with Gasteiger partial charge in [-0.15, -0.1) is 12.4 Å². The molecule has 0 radical (unpaired) electrons. The molecule has 1 heterocycles. The molecular weight excluding hydrogens is 404 g/mol. The van der Waals surface area contributed by atoms with Crippen LogP contribution in [-0.4, -0.2) is 27.9 Å². The zero-order valence-corrected chi connectivity index (χ0v) is 20.1. The molecule has 5 aliphatic carbocycles. The zero-order valence-electron chi connectivity index (χ0n) is 19.3. The van der Waals surface area contributed by atoms with E-state index in [2.05, 4.69) is 48.0 Å². The van der Waals surface area contributed by atoms with E-state index in [0.717, 1.165) is 25.4 Å². The molecule has 0 saturated heterocycles. The van der Waals surface area contributed by atoms with Crippen molar-refractivity contribution in [1.82, 2.24) is 9.88 Å². The summed E-state index contributed by atoms with van der Waals surface area (Å²) in [5.41, 5.74) is 5.64. The van der Waals surface area contributed by atoms with Crippen LogP contribution in [-0.2, 0) is 19.4 Å². The molecule has 1 aromatic heterocycles. The Hall–Kier alpha value is -1.03. The molecule has 5 aliphatic rings. The number of rotatable bonds is 5. The number of hydrogen-bond donors (Lipinski definition) is 2. The summed E-state index contributed by atoms with van der Waals surface area (Å²) in [6.45, 7) is 6.50. The fraction of sp³-hybridized carbons (Fsp3) is 0.704. The van der Waals surface area contributed by atoms with E-state index in [4.69, 9.17) is 0 Å². The smallest absolute Gasteiger partial charge is 0.0843 e. The molecule has 3 atom stereocenters. The Bertz CT molecular complexity index is 963. The van der Waals surface area contributed by atoms with Gasteiger partial charge in [0.15, 0.2) is 0 Å². The van der Waals surface area contributed by atoms with E-state index in [9.17, 15) is 5.11 Å². The van der Waals surface area contributed by atoms with Gasteiger partial charge >= 0.3 is 0 Å².